The second kappa shape index (κ2) is 5.57. The van der Waals surface area contributed by atoms with Crippen LogP contribution in [-0.4, -0.2) is 16.1 Å². The highest BCUT2D eigenvalue weighted by atomic mass is 28.3. The van der Waals surface area contributed by atoms with Crippen molar-refractivity contribution in [2.24, 2.45) is 5.41 Å². The van der Waals surface area contributed by atoms with Crippen molar-refractivity contribution in [3.63, 3.8) is 0 Å². The second-order valence-electron chi connectivity index (χ2n) is 9.07. The van der Waals surface area contributed by atoms with Crippen LogP contribution in [0.5, 0.6) is 0 Å². The molecule has 0 aromatic carbocycles. The van der Waals surface area contributed by atoms with Crippen LogP contribution in [0.1, 0.15) is 13.8 Å². The first kappa shape index (κ1) is 16.7. The van der Waals surface area contributed by atoms with E-state index in [2.05, 4.69) is 77.4 Å². The molecular weight excluding hydrogens is 260 g/mol. The largest absolute Gasteiger partial charge is 0.0721 e. The van der Waals surface area contributed by atoms with E-state index in [0.29, 0.717) is 0 Å². The van der Waals surface area contributed by atoms with Crippen molar-refractivity contribution in [3.8, 4) is 0 Å². The van der Waals surface area contributed by atoms with Crippen LogP contribution in [0.15, 0.2) is 35.5 Å². The van der Waals surface area contributed by atoms with E-state index >= 15 is 0 Å². The molecule has 0 aromatic rings. The standard InChI is InChI=1S/C17H32Si2/c1-17(2)11-15(13-18(3,4)5)9-10-16(12-17)14-19(6,7)8/h9-12H,13-14H2,1-8H3. The Morgan fingerprint density at radius 3 is 1.32 bits per heavy atom. The Balaban J connectivity index is 2.96. The molecule has 0 N–H and O–H groups in total. The third-order valence-corrected chi connectivity index (χ3v) is 6.03. The van der Waals surface area contributed by atoms with Crippen LogP contribution in [0.3, 0.4) is 0 Å². The summed E-state index contributed by atoms with van der Waals surface area (Å²) in [5.41, 5.74) is 3.30. The minimum absolute atomic E-state index is 0.202. The maximum absolute atomic E-state index is 2.49. The topological polar surface area (TPSA) is 0 Å². The molecule has 0 saturated heterocycles. The van der Waals surface area contributed by atoms with Crippen LogP contribution >= 0.6 is 0 Å². The molecule has 0 unspecified atom stereocenters. The number of hydrogen-bond acceptors (Lipinski definition) is 0. The van der Waals surface area contributed by atoms with Gasteiger partial charge in [-0.2, -0.15) is 0 Å². The van der Waals surface area contributed by atoms with Gasteiger partial charge in [0.15, 0.2) is 0 Å². The van der Waals surface area contributed by atoms with Crippen molar-refractivity contribution in [1.82, 2.24) is 0 Å². The van der Waals surface area contributed by atoms with Crippen molar-refractivity contribution in [3.05, 3.63) is 35.5 Å². The summed E-state index contributed by atoms with van der Waals surface area (Å²) in [6.45, 7) is 19.4. The normalized spacial score (nSPS) is 19.8. The van der Waals surface area contributed by atoms with Crippen LogP contribution in [0, 0.1) is 5.41 Å². The van der Waals surface area contributed by atoms with E-state index in [0.717, 1.165) is 0 Å². The monoisotopic (exact) mass is 292 g/mol. The maximum Gasteiger partial charge on any atom is 0.0486 e. The van der Waals surface area contributed by atoms with Gasteiger partial charge in [0.1, 0.15) is 0 Å². The van der Waals surface area contributed by atoms with Crippen LogP contribution in [0.2, 0.25) is 51.4 Å². The van der Waals surface area contributed by atoms with Crippen molar-refractivity contribution >= 4 is 16.1 Å². The summed E-state index contributed by atoms with van der Waals surface area (Å²) < 4.78 is 0. The van der Waals surface area contributed by atoms with E-state index in [1.54, 1.807) is 11.1 Å². The fourth-order valence-corrected chi connectivity index (χ4v) is 5.64. The third kappa shape index (κ3) is 7.12. The summed E-state index contributed by atoms with van der Waals surface area (Å²) in [4.78, 5) is 0. The lowest BCUT2D eigenvalue weighted by Crippen LogP contribution is -2.20. The van der Waals surface area contributed by atoms with Gasteiger partial charge in [0, 0.05) is 21.6 Å². The Bertz CT molecular complexity index is 372. The SMILES string of the molecule is CC1(C)C=C(C[Si](C)(C)C)C=CC(C[Si](C)(C)C)=C1. The van der Waals surface area contributed by atoms with Gasteiger partial charge in [-0.1, -0.05) is 88.6 Å². The summed E-state index contributed by atoms with van der Waals surface area (Å²) in [6.07, 6.45) is 9.75. The molecule has 0 amide bonds. The fraction of sp³-hybridized carbons (Fsp3) is 0.647. The molecule has 0 bridgehead atoms. The number of hydrogen-bond donors (Lipinski definition) is 0. The summed E-state index contributed by atoms with van der Waals surface area (Å²) in [7, 11) is -2.06. The molecule has 1 aliphatic carbocycles. The molecule has 0 aliphatic heterocycles. The van der Waals surface area contributed by atoms with E-state index in [4.69, 9.17) is 0 Å². The summed E-state index contributed by atoms with van der Waals surface area (Å²) in [5, 5.41) is 0. The minimum atomic E-state index is -1.03. The molecule has 108 valence electrons. The lowest BCUT2D eigenvalue weighted by Gasteiger charge is -2.21. The molecule has 0 fully saturated rings. The molecule has 0 radical (unpaired) electrons. The Kier molecular flexibility index (Phi) is 4.90. The maximum atomic E-state index is 2.49. The van der Waals surface area contributed by atoms with E-state index in [9.17, 15) is 0 Å². The van der Waals surface area contributed by atoms with Gasteiger partial charge >= 0.3 is 0 Å². The molecule has 19 heavy (non-hydrogen) atoms. The van der Waals surface area contributed by atoms with Gasteiger partial charge in [-0.3, -0.25) is 0 Å². The van der Waals surface area contributed by atoms with Crippen LogP contribution in [-0.2, 0) is 0 Å². The van der Waals surface area contributed by atoms with Gasteiger partial charge in [0.25, 0.3) is 0 Å². The van der Waals surface area contributed by atoms with Gasteiger partial charge < -0.3 is 0 Å². The molecule has 0 nitrogen and oxygen atoms in total. The molecule has 0 atom stereocenters. The lowest BCUT2D eigenvalue weighted by molar-refractivity contribution is 0.619. The van der Waals surface area contributed by atoms with E-state index < -0.39 is 16.1 Å². The molecule has 0 aromatic heterocycles. The Morgan fingerprint density at radius 1 is 0.737 bits per heavy atom. The lowest BCUT2D eigenvalue weighted by atomic mass is 9.90. The van der Waals surface area contributed by atoms with Crippen LogP contribution in [0.25, 0.3) is 0 Å². The number of rotatable bonds is 4. The zero-order valence-corrected chi connectivity index (χ0v) is 16.2. The second-order valence-corrected chi connectivity index (χ2v) is 20.0. The summed E-state index contributed by atoms with van der Waals surface area (Å²) in [6, 6.07) is 2.59. The Hall–Kier alpha value is -0.346. The van der Waals surface area contributed by atoms with Crippen LogP contribution < -0.4 is 0 Å². The van der Waals surface area contributed by atoms with Crippen molar-refractivity contribution in [1.29, 1.82) is 0 Å². The van der Waals surface area contributed by atoms with E-state index in [-0.39, 0.29) is 5.41 Å². The van der Waals surface area contributed by atoms with E-state index in [1.807, 2.05) is 0 Å². The van der Waals surface area contributed by atoms with Crippen molar-refractivity contribution < 1.29 is 0 Å². The van der Waals surface area contributed by atoms with E-state index in [1.165, 1.54) is 12.1 Å². The zero-order chi connectivity index (χ0) is 14.9. The Labute approximate surface area is 122 Å². The first-order chi connectivity index (χ1) is 8.36. The van der Waals surface area contributed by atoms with Gasteiger partial charge in [-0.15, -0.1) is 0 Å². The predicted molar refractivity (Wildman–Crippen MR) is 95.4 cm³/mol. The molecule has 2 heteroatoms. The molecule has 1 rings (SSSR count). The highest BCUT2D eigenvalue weighted by molar-refractivity contribution is 6.77. The van der Waals surface area contributed by atoms with Gasteiger partial charge in [0.05, 0.1) is 0 Å². The molecular formula is C17H32Si2. The third-order valence-electron chi connectivity index (χ3n) is 3.10. The first-order valence-electron chi connectivity index (χ1n) is 7.48. The molecule has 1 aliphatic rings. The number of allylic oxidation sites excluding steroid dienone is 6. The summed E-state index contributed by atoms with van der Waals surface area (Å²) in [5.74, 6) is 0. The highest BCUT2D eigenvalue weighted by Gasteiger charge is 2.22. The van der Waals surface area contributed by atoms with Crippen molar-refractivity contribution in [2.75, 3.05) is 0 Å². The van der Waals surface area contributed by atoms with Gasteiger partial charge in [-0.05, 0) is 12.1 Å². The first-order valence-corrected chi connectivity index (χ1v) is 14.9. The molecule has 0 spiro atoms. The highest BCUT2D eigenvalue weighted by Crippen LogP contribution is 2.32. The minimum Gasteiger partial charge on any atom is -0.0721 e. The van der Waals surface area contributed by atoms with Gasteiger partial charge in [0.2, 0.25) is 0 Å². The fourth-order valence-electron chi connectivity index (χ4n) is 2.75. The molecule has 0 heterocycles. The average molecular weight is 293 g/mol. The zero-order valence-electron chi connectivity index (χ0n) is 14.2. The van der Waals surface area contributed by atoms with Gasteiger partial charge in [-0.25, -0.2) is 0 Å². The van der Waals surface area contributed by atoms with Crippen molar-refractivity contribution in [2.45, 2.75) is 65.2 Å². The smallest absolute Gasteiger partial charge is 0.0486 e. The summed E-state index contributed by atoms with van der Waals surface area (Å²) >= 11 is 0. The molecule has 0 saturated carbocycles. The Morgan fingerprint density at radius 2 is 1.05 bits per heavy atom. The van der Waals surface area contributed by atoms with Crippen LogP contribution in [0.4, 0.5) is 0 Å². The average Bonchev–Trinajstić information content (AvgIpc) is 2.18. The predicted octanol–water partition coefficient (Wildman–Crippen LogP) is 6.11. The quantitative estimate of drug-likeness (QED) is 0.548.